The van der Waals surface area contributed by atoms with Crippen LogP contribution in [-0.2, 0) is 4.79 Å². The van der Waals surface area contributed by atoms with Gasteiger partial charge in [0.15, 0.2) is 0 Å². The summed E-state index contributed by atoms with van der Waals surface area (Å²) in [5, 5.41) is 0. The minimum Gasteiger partial charge on any atom is -0.439 e. The number of ether oxygens (including phenoxy) is 1. The number of amides is 1. The maximum Gasteiger partial charge on any atom is 0.224 e. The molecule has 1 atom stereocenters. The van der Waals surface area contributed by atoms with E-state index in [9.17, 15) is 9.18 Å². The van der Waals surface area contributed by atoms with Crippen molar-refractivity contribution >= 4 is 11.7 Å². The number of piperazine rings is 1. The third kappa shape index (κ3) is 5.07. The molecule has 2 aliphatic rings. The molecule has 1 saturated carbocycles. The highest BCUT2D eigenvalue weighted by Gasteiger charge is 2.28. The first-order valence-corrected chi connectivity index (χ1v) is 10.9. The molecule has 1 saturated heterocycles. The van der Waals surface area contributed by atoms with Crippen molar-refractivity contribution in [1.29, 1.82) is 0 Å². The lowest BCUT2D eigenvalue weighted by Crippen LogP contribution is -2.54. The van der Waals surface area contributed by atoms with Crippen molar-refractivity contribution in [2.45, 2.75) is 51.5 Å². The zero-order valence-electron chi connectivity index (χ0n) is 17.5. The second kappa shape index (κ2) is 9.41. The molecule has 1 aromatic heterocycles. The number of carbonyl (C=O) groups is 1. The molecular formula is C23H29FN4O2. The first-order valence-electron chi connectivity index (χ1n) is 10.9. The van der Waals surface area contributed by atoms with Gasteiger partial charge in [0.25, 0.3) is 0 Å². The number of halogens is 1. The molecule has 0 radical (unpaired) electrons. The lowest BCUT2D eigenvalue weighted by molar-refractivity contribution is -0.133. The molecule has 0 spiro atoms. The molecule has 30 heavy (non-hydrogen) atoms. The monoisotopic (exact) mass is 412 g/mol. The molecule has 6 nitrogen and oxygen atoms in total. The van der Waals surface area contributed by atoms with Crippen LogP contribution in [0.5, 0.6) is 11.6 Å². The molecule has 1 amide bonds. The van der Waals surface area contributed by atoms with Crippen LogP contribution < -0.4 is 9.64 Å². The largest absolute Gasteiger partial charge is 0.439 e. The fourth-order valence-corrected chi connectivity index (χ4v) is 4.52. The predicted octanol–water partition coefficient (Wildman–Crippen LogP) is 4.42. The van der Waals surface area contributed by atoms with Crippen molar-refractivity contribution in [2.75, 3.05) is 24.5 Å². The van der Waals surface area contributed by atoms with Crippen LogP contribution >= 0.6 is 0 Å². The zero-order chi connectivity index (χ0) is 20.9. The Balaban J connectivity index is 1.34. The first-order chi connectivity index (χ1) is 14.6. The van der Waals surface area contributed by atoms with E-state index in [4.69, 9.17) is 4.74 Å². The van der Waals surface area contributed by atoms with Gasteiger partial charge in [-0.15, -0.1) is 0 Å². The Labute approximate surface area is 177 Å². The number of anilines is 1. The zero-order valence-corrected chi connectivity index (χ0v) is 17.5. The van der Waals surface area contributed by atoms with Crippen LogP contribution in [0.3, 0.4) is 0 Å². The predicted molar refractivity (Wildman–Crippen MR) is 113 cm³/mol. The summed E-state index contributed by atoms with van der Waals surface area (Å²) < 4.78 is 19.0. The van der Waals surface area contributed by atoms with Crippen molar-refractivity contribution in [2.24, 2.45) is 5.92 Å². The number of benzene rings is 1. The van der Waals surface area contributed by atoms with Gasteiger partial charge < -0.3 is 14.5 Å². The van der Waals surface area contributed by atoms with Gasteiger partial charge in [0.2, 0.25) is 11.8 Å². The molecule has 160 valence electrons. The minimum atomic E-state index is -0.357. The second-order valence-corrected chi connectivity index (χ2v) is 8.35. The molecule has 2 aromatic rings. The first kappa shape index (κ1) is 20.6. The minimum absolute atomic E-state index is 0.123. The third-order valence-electron chi connectivity index (χ3n) is 6.16. The number of aromatic nitrogens is 2. The van der Waals surface area contributed by atoms with Gasteiger partial charge in [0, 0.05) is 44.2 Å². The summed E-state index contributed by atoms with van der Waals surface area (Å²) in [6.07, 6.45) is 8.34. The van der Waals surface area contributed by atoms with Gasteiger partial charge in [-0.1, -0.05) is 31.7 Å². The Hall–Kier alpha value is -2.70. The van der Waals surface area contributed by atoms with E-state index in [0.717, 1.165) is 24.7 Å². The van der Waals surface area contributed by atoms with E-state index in [1.807, 2.05) is 4.90 Å². The van der Waals surface area contributed by atoms with Gasteiger partial charge >= 0.3 is 0 Å². The van der Waals surface area contributed by atoms with E-state index in [1.54, 1.807) is 18.2 Å². The highest BCUT2D eigenvalue weighted by Crippen LogP contribution is 2.29. The number of carbonyl (C=O) groups excluding carboxylic acids is 1. The van der Waals surface area contributed by atoms with E-state index in [-0.39, 0.29) is 17.8 Å². The van der Waals surface area contributed by atoms with Crippen LogP contribution in [0, 0.1) is 11.7 Å². The Morgan fingerprint density at radius 1 is 1.20 bits per heavy atom. The molecule has 1 aliphatic carbocycles. The van der Waals surface area contributed by atoms with Crippen molar-refractivity contribution in [3.05, 3.63) is 42.5 Å². The second-order valence-electron chi connectivity index (χ2n) is 8.35. The van der Waals surface area contributed by atoms with Crippen molar-refractivity contribution in [3.63, 3.8) is 0 Å². The van der Waals surface area contributed by atoms with Crippen molar-refractivity contribution in [1.82, 2.24) is 14.9 Å². The molecule has 1 aliphatic heterocycles. The molecule has 2 fully saturated rings. The number of rotatable bonds is 6. The van der Waals surface area contributed by atoms with Gasteiger partial charge in [-0.25, -0.2) is 14.4 Å². The molecule has 4 rings (SSSR count). The fourth-order valence-electron chi connectivity index (χ4n) is 4.52. The average Bonchev–Trinajstić information content (AvgIpc) is 3.26. The Kier molecular flexibility index (Phi) is 6.45. The Morgan fingerprint density at radius 2 is 2.03 bits per heavy atom. The molecule has 0 bridgehead atoms. The summed E-state index contributed by atoms with van der Waals surface area (Å²) in [6, 6.07) is 7.85. The summed E-state index contributed by atoms with van der Waals surface area (Å²) in [7, 11) is 0. The van der Waals surface area contributed by atoms with E-state index in [0.29, 0.717) is 31.1 Å². The van der Waals surface area contributed by atoms with E-state index in [2.05, 4.69) is 21.8 Å². The molecular weight excluding hydrogens is 383 g/mol. The van der Waals surface area contributed by atoms with Crippen LogP contribution in [0.2, 0.25) is 0 Å². The SMILES string of the molecule is CC1CN(c2cc(Oc3cccc(F)c3)ncn2)CCN1C(=O)CCC1CCCC1. The van der Waals surface area contributed by atoms with Gasteiger partial charge in [-0.3, -0.25) is 4.79 Å². The van der Waals surface area contributed by atoms with Crippen LogP contribution in [0.15, 0.2) is 36.7 Å². The lowest BCUT2D eigenvalue weighted by atomic mass is 10.0. The molecule has 1 aromatic carbocycles. The molecule has 7 heteroatoms. The summed E-state index contributed by atoms with van der Waals surface area (Å²) in [5.74, 6) is 2.17. The van der Waals surface area contributed by atoms with E-state index >= 15 is 0 Å². The normalized spacial score (nSPS) is 19.9. The molecule has 2 heterocycles. The fraction of sp³-hybridized carbons (Fsp3) is 0.522. The van der Waals surface area contributed by atoms with Crippen LogP contribution in [0.25, 0.3) is 0 Å². The van der Waals surface area contributed by atoms with Gasteiger partial charge in [0.05, 0.1) is 0 Å². The molecule has 1 unspecified atom stereocenters. The highest BCUT2D eigenvalue weighted by atomic mass is 19.1. The van der Waals surface area contributed by atoms with Crippen LogP contribution in [0.4, 0.5) is 10.2 Å². The quantitative estimate of drug-likeness (QED) is 0.703. The molecule has 0 N–H and O–H groups in total. The number of hydrogen-bond acceptors (Lipinski definition) is 5. The maximum absolute atomic E-state index is 13.4. The van der Waals surface area contributed by atoms with E-state index < -0.39 is 0 Å². The summed E-state index contributed by atoms with van der Waals surface area (Å²) >= 11 is 0. The van der Waals surface area contributed by atoms with Crippen LogP contribution in [0.1, 0.15) is 45.4 Å². The summed E-state index contributed by atoms with van der Waals surface area (Å²) in [6.45, 7) is 4.21. The topological polar surface area (TPSA) is 58.6 Å². The van der Waals surface area contributed by atoms with Crippen LogP contribution in [-0.4, -0.2) is 46.5 Å². The van der Waals surface area contributed by atoms with Gasteiger partial charge in [0.1, 0.15) is 23.7 Å². The number of hydrogen-bond donors (Lipinski definition) is 0. The Bertz CT molecular complexity index is 872. The highest BCUT2D eigenvalue weighted by molar-refractivity contribution is 5.77. The van der Waals surface area contributed by atoms with Gasteiger partial charge in [-0.2, -0.15) is 0 Å². The third-order valence-corrected chi connectivity index (χ3v) is 6.16. The summed E-state index contributed by atoms with van der Waals surface area (Å²) in [5.41, 5.74) is 0. The van der Waals surface area contributed by atoms with Crippen molar-refractivity contribution in [3.8, 4) is 11.6 Å². The lowest BCUT2D eigenvalue weighted by Gasteiger charge is -2.40. The number of nitrogens with zero attached hydrogens (tertiary/aromatic N) is 4. The average molecular weight is 413 g/mol. The smallest absolute Gasteiger partial charge is 0.224 e. The summed E-state index contributed by atoms with van der Waals surface area (Å²) in [4.78, 5) is 25.4. The van der Waals surface area contributed by atoms with Crippen molar-refractivity contribution < 1.29 is 13.9 Å². The van der Waals surface area contributed by atoms with Gasteiger partial charge in [-0.05, 0) is 31.4 Å². The van der Waals surface area contributed by atoms with E-state index in [1.165, 1.54) is 44.1 Å². The maximum atomic E-state index is 13.4. The Morgan fingerprint density at radius 3 is 2.80 bits per heavy atom. The standard InChI is InChI=1S/C23H29FN4O2/c1-17-15-27(11-12-28(17)23(29)10-9-18-5-2-3-6-18)21-14-22(26-16-25-21)30-20-8-4-7-19(24)13-20/h4,7-8,13-14,16-18H,2-3,5-6,9-12,15H2,1H3.